The molecule has 1 fully saturated rings. The van der Waals surface area contributed by atoms with Gasteiger partial charge < -0.3 is 10.1 Å². The second-order valence-electron chi connectivity index (χ2n) is 6.02. The average molecular weight is 252 g/mol. The molecular formula is C13H24N4O. The normalized spacial score (nSPS) is 24.7. The summed E-state index contributed by atoms with van der Waals surface area (Å²) in [5, 5.41) is 11.9. The summed E-state index contributed by atoms with van der Waals surface area (Å²) in [7, 11) is 1.79. The maximum absolute atomic E-state index is 5.47. The summed E-state index contributed by atoms with van der Waals surface area (Å²) in [5.41, 5.74) is 0.986. The summed E-state index contributed by atoms with van der Waals surface area (Å²) in [6, 6.07) is 0.454. The minimum absolute atomic E-state index is 0.00628. The lowest BCUT2D eigenvalue weighted by Crippen LogP contribution is -2.36. The van der Waals surface area contributed by atoms with Crippen molar-refractivity contribution >= 4 is 0 Å². The fourth-order valence-electron chi connectivity index (χ4n) is 2.38. The predicted octanol–water partition coefficient (Wildman–Crippen LogP) is 1.69. The molecule has 102 valence electrons. The number of hydrogen-bond acceptors (Lipinski definition) is 4. The first-order chi connectivity index (χ1) is 8.50. The fourth-order valence-corrected chi connectivity index (χ4v) is 2.38. The number of methoxy groups -OCH3 is 1. The number of hydrogen-bond donors (Lipinski definition) is 1. The van der Waals surface area contributed by atoms with Crippen LogP contribution >= 0.6 is 0 Å². The van der Waals surface area contributed by atoms with Crippen LogP contribution in [0.1, 0.15) is 45.7 Å². The van der Waals surface area contributed by atoms with E-state index in [1.807, 2.05) is 10.9 Å². The molecule has 5 nitrogen and oxygen atoms in total. The van der Waals surface area contributed by atoms with Crippen molar-refractivity contribution in [3.8, 4) is 0 Å². The Kier molecular flexibility index (Phi) is 4.02. The molecule has 1 aliphatic rings. The van der Waals surface area contributed by atoms with Crippen LogP contribution in [-0.4, -0.2) is 34.2 Å². The van der Waals surface area contributed by atoms with Gasteiger partial charge in [-0.25, -0.2) is 4.68 Å². The molecule has 1 heterocycles. The van der Waals surface area contributed by atoms with E-state index in [0.29, 0.717) is 12.1 Å². The Bertz CT molecular complexity index is 383. The van der Waals surface area contributed by atoms with Crippen molar-refractivity contribution in [3.05, 3.63) is 11.9 Å². The van der Waals surface area contributed by atoms with Crippen molar-refractivity contribution in [3.63, 3.8) is 0 Å². The standard InChI is InChI=1S/C13H24N4O/c1-13(2,3)17-9-10(15-16-17)8-14-11-6-5-7-12(11)18-4/h9,11-12,14H,5-8H2,1-4H3. The van der Waals surface area contributed by atoms with Crippen LogP contribution in [0.4, 0.5) is 0 Å². The van der Waals surface area contributed by atoms with E-state index in [-0.39, 0.29) is 5.54 Å². The molecule has 0 radical (unpaired) electrons. The Hall–Kier alpha value is -0.940. The van der Waals surface area contributed by atoms with Gasteiger partial charge in [-0.3, -0.25) is 0 Å². The maximum Gasteiger partial charge on any atom is 0.0965 e. The summed E-state index contributed by atoms with van der Waals surface area (Å²) < 4.78 is 7.38. The molecular weight excluding hydrogens is 228 g/mol. The van der Waals surface area contributed by atoms with Gasteiger partial charge in [0.15, 0.2) is 0 Å². The molecule has 2 rings (SSSR count). The van der Waals surface area contributed by atoms with E-state index >= 15 is 0 Å². The van der Waals surface area contributed by atoms with Gasteiger partial charge in [0.25, 0.3) is 0 Å². The lowest BCUT2D eigenvalue weighted by atomic mass is 10.1. The highest BCUT2D eigenvalue weighted by atomic mass is 16.5. The van der Waals surface area contributed by atoms with Crippen molar-refractivity contribution < 1.29 is 4.74 Å². The van der Waals surface area contributed by atoms with Crippen LogP contribution in [0.3, 0.4) is 0 Å². The van der Waals surface area contributed by atoms with Gasteiger partial charge in [-0.15, -0.1) is 5.10 Å². The van der Waals surface area contributed by atoms with Crippen molar-refractivity contribution in [1.82, 2.24) is 20.3 Å². The zero-order valence-electron chi connectivity index (χ0n) is 11.8. The Morgan fingerprint density at radius 3 is 2.83 bits per heavy atom. The minimum atomic E-state index is -0.00628. The molecule has 1 N–H and O–H groups in total. The first kappa shape index (κ1) is 13.5. The number of aromatic nitrogens is 3. The van der Waals surface area contributed by atoms with Crippen LogP contribution in [0.5, 0.6) is 0 Å². The quantitative estimate of drug-likeness (QED) is 0.886. The molecule has 0 aromatic carbocycles. The monoisotopic (exact) mass is 252 g/mol. The summed E-state index contributed by atoms with van der Waals surface area (Å²) in [4.78, 5) is 0. The van der Waals surface area contributed by atoms with Crippen molar-refractivity contribution in [2.45, 2.75) is 64.3 Å². The first-order valence-electron chi connectivity index (χ1n) is 6.68. The SMILES string of the molecule is COC1CCCC1NCc1cn(C(C)(C)C)nn1. The van der Waals surface area contributed by atoms with E-state index < -0.39 is 0 Å². The lowest BCUT2D eigenvalue weighted by molar-refractivity contribution is 0.0846. The lowest BCUT2D eigenvalue weighted by Gasteiger charge is -2.19. The van der Waals surface area contributed by atoms with Crippen LogP contribution in [-0.2, 0) is 16.8 Å². The van der Waals surface area contributed by atoms with Crippen molar-refractivity contribution in [1.29, 1.82) is 0 Å². The first-order valence-corrected chi connectivity index (χ1v) is 6.68. The van der Waals surface area contributed by atoms with Crippen LogP contribution in [0.25, 0.3) is 0 Å². The third-order valence-electron chi connectivity index (χ3n) is 3.53. The molecule has 0 spiro atoms. The summed E-state index contributed by atoms with van der Waals surface area (Å²) in [6.45, 7) is 7.13. The molecule has 0 saturated heterocycles. The molecule has 2 atom stereocenters. The van der Waals surface area contributed by atoms with E-state index in [9.17, 15) is 0 Å². The Labute approximate surface area is 109 Å². The summed E-state index contributed by atoms with van der Waals surface area (Å²) in [5.74, 6) is 0. The molecule has 18 heavy (non-hydrogen) atoms. The molecule has 0 aliphatic heterocycles. The zero-order valence-corrected chi connectivity index (χ0v) is 11.8. The molecule has 1 saturated carbocycles. The van der Waals surface area contributed by atoms with Gasteiger partial charge in [0.2, 0.25) is 0 Å². The average Bonchev–Trinajstić information content (AvgIpc) is 2.94. The number of rotatable bonds is 4. The highest BCUT2D eigenvalue weighted by Gasteiger charge is 2.26. The Balaban J connectivity index is 1.89. The van der Waals surface area contributed by atoms with Gasteiger partial charge in [0, 0.05) is 19.7 Å². The number of ether oxygens (including phenoxy) is 1. The van der Waals surface area contributed by atoms with E-state index in [4.69, 9.17) is 4.74 Å². The molecule has 1 aromatic heterocycles. The van der Waals surface area contributed by atoms with Gasteiger partial charge in [-0.05, 0) is 40.0 Å². The van der Waals surface area contributed by atoms with Crippen LogP contribution in [0.15, 0.2) is 6.20 Å². The molecule has 1 aliphatic carbocycles. The highest BCUT2D eigenvalue weighted by molar-refractivity contribution is 4.96. The molecule has 0 amide bonds. The topological polar surface area (TPSA) is 52.0 Å². The molecule has 0 bridgehead atoms. The Morgan fingerprint density at radius 2 is 2.22 bits per heavy atom. The maximum atomic E-state index is 5.47. The number of nitrogens with one attached hydrogen (secondary N) is 1. The van der Waals surface area contributed by atoms with E-state index in [1.54, 1.807) is 7.11 Å². The predicted molar refractivity (Wildman–Crippen MR) is 70.3 cm³/mol. The van der Waals surface area contributed by atoms with Crippen LogP contribution in [0.2, 0.25) is 0 Å². The summed E-state index contributed by atoms with van der Waals surface area (Å²) >= 11 is 0. The van der Waals surface area contributed by atoms with Crippen molar-refractivity contribution in [2.24, 2.45) is 0 Å². The fraction of sp³-hybridized carbons (Fsp3) is 0.846. The van der Waals surface area contributed by atoms with Gasteiger partial charge in [0.05, 0.1) is 23.5 Å². The minimum Gasteiger partial charge on any atom is -0.380 e. The van der Waals surface area contributed by atoms with Gasteiger partial charge >= 0.3 is 0 Å². The smallest absolute Gasteiger partial charge is 0.0965 e. The van der Waals surface area contributed by atoms with Gasteiger partial charge in [0.1, 0.15) is 0 Å². The van der Waals surface area contributed by atoms with Gasteiger partial charge in [-0.1, -0.05) is 5.21 Å². The summed E-state index contributed by atoms with van der Waals surface area (Å²) in [6.07, 6.45) is 5.95. The zero-order chi connectivity index (χ0) is 13.2. The van der Waals surface area contributed by atoms with Crippen LogP contribution < -0.4 is 5.32 Å². The third-order valence-corrected chi connectivity index (χ3v) is 3.53. The van der Waals surface area contributed by atoms with E-state index in [1.165, 1.54) is 12.8 Å². The van der Waals surface area contributed by atoms with Crippen LogP contribution in [0, 0.1) is 0 Å². The second kappa shape index (κ2) is 5.36. The van der Waals surface area contributed by atoms with Gasteiger partial charge in [-0.2, -0.15) is 0 Å². The molecule has 5 heteroatoms. The number of nitrogens with zero attached hydrogens (tertiary/aromatic N) is 3. The highest BCUT2D eigenvalue weighted by Crippen LogP contribution is 2.21. The van der Waals surface area contributed by atoms with E-state index in [0.717, 1.165) is 18.7 Å². The largest absolute Gasteiger partial charge is 0.380 e. The van der Waals surface area contributed by atoms with E-state index in [2.05, 4.69) is 36.4 Å². The molecule has 2 unspecified atom stereocenters. The second-order valence-corrected chi connectivity index (χ2v) is 6.02. The molecule has 1 aromatic rings. The Morgan fingerprint density at radius 1 is 1.44 bits per heavy atom. The van der Waals surface area contributed by atoms with Crippen molar-refractivity contribution in [2.75, 3.05) is 7.11 Å². The third kappa shape index (κ3) is 3.09.